The standard InChI is InChI=1S/C29H33N7O2/c1-4-7-8-16-31-23(10-5-2)33-29(38)21-14-12-20(13-15-21)25-26-27(30)32-17-19-36(26)28(34-25)22-11-9-18-35(22)24(37)6-3/h5-6,8,12-17,19,22H,2-4,7,9-11,18H2,1H3,(H2,30,32)(H,31,33,38)/b16-8-/t22-/m0/s1. The fourth-order valence-electron chi connectivity index (χ4n) is 4.58. The monoisotopic (exact) mass is 511 g/mol. The Hall–Kier alpha value is -4.53. The summed E-state index contributed by atoms with van der Waals surface area (Å²) in [5.74, 6) is 1.20. The Morgan fingerprint density at radius 1 is 1.26 bits per heavy atom. The van der Waals surface area contributed by atoms with E-state index in [0.29, 0.717) is 41.4 Å². The number of nitrogens with zero attached hydrogens (tertiary/aromatic N) is 5. The number of hydrogen-bond acceptors (Lipinski definition) is 6. The minimum atomic E-state index is -0.262. The molecule has 0 aliphatic carbocycles. The van der Waals surface area contributed by atoms with Crippen molar-refractivity contribution in [3.63, 3.8) is 0 Å². The molecule has 1 saturated heterocycles. The number of carbonyl (C=O) groups excluding carboxylic acids is 2. The molecule has 3 heterocycles. The number of unbranched alkanes of at least 4 members (excludes halogenated alkanes) is 1. The molecule has 0 unspecified atom stereocenters. The fourth-order valence-corrected chi connectivity index (χ4v) is 4.58. The summed E-state index contributed by atoms with van der Waals surface area (Å²) in [5.41, 5.74) is 8.86. The minimum Gasteiger partial charge on any atom is -0.382 e. The Labute approximate surface area is 222 Å². The molecule has 3 aromatic rings. The van der Waals surface area contributed by atoms with Crippen LogP contribution in [0.4, 0.5) is 5.82 Å². The normalized spacial score (nSPS) is 15.8. The maximum atomic E-state index is 12.9. The van der Waals surface area contributed by atoms with Crippen molar-refractivity contribution in [1.29, 1.82) is 0 Å². The number of allylic oxidation sites excluding steroid dienone is 1. The average molecular weight is 512 g/mol. The molecule has 0 bridgehead atoms. The number of aliphatic imine (C=N–C) groups is 1. The van der Waals surface area contributed by atoms with Crippen molar-refractivity contribution >= 4 is 29.0 Å². The number of amides is 2. The number of carbonyl (C=O) groups is 2. The number of amidine groups is 1. The van der Waals surface area contributed by atoms with Gasteiger partial charge < -0.3 is 16.0 Å². The summed E-state index contributed by atoms with van der Waals surface area (Å²) in [7, 11) is 0. The quantitative estimate of drug-likeness (QED) is 0.184. The third-order valence-corrected chi connectivity index (χ3v) is 6.43. The Morgan fingerprint density at radius 3 is 2.76 bits per heavy atom. The van der Waals surface area contributed by atoms with Crippen LogP contribution in [0, 0.1) is 0 Å². The molecule has 0 saturated carbocycles. The van der Waals surface area contributed by atoms with E-state index in [2.05, 4.69) is 35.4 Å². The number of imidazole rings is 1. The van der Waals surface area contributed by atoms with E-state index in [1.807, 2.05) is 28.8 Å². The van der Waals surface area contributed by atoms with Crippen LogP contribution in [-0.4, -0.2) is 43.5 Å². The molecule has 9 nitrogen and oxygen atoms in total. The Bertz CT molecular complexity index is 1400. The molecule has 0 spiro atoms. The van der Waals surface area contributed by atoms with E-state index >= 15 is 0 Å². The lowest BCUT2D eigenvalue weighted by Gasteiger charge is -2.22. The van der Waals surface area contributed by atoms with Crippen LogP contribution in [0.3, 0.4) is 0 Å². The lowest BCUT2D eigenvalue weighted by molar-refractivity contribution is -0.127. The Morgan fingerprint density at radius 2 is 2.05 bits per heavy atom. The van der Waals surface area contributed by atoms with E-state index in [4.69, 9.17) is 10.7 Å². The van der Waals surface area contributed by atoms with Gasteiger partial charge in [0.25, 0.3) is 5.91 Å². The zero-order valence-corrected chi connectivity index (χ0v) is 21.6. The highest BCUT2D eigenvalue weighted by Crippen LogP contribution is 2.36. The van der Waals surface area contributed by atoms with Crippen molar-refractivity contribution < 1.29 is 9.59 Å². The second-order valence-electron chi connectivity index (χ2n) is 9.02. The molecule has 1 atom stereocenters. The van der Waals surface area contributed by atoms with Gasteiger partial charge in [-0.25, -0.2) is 15.0 Å². The van der Waals surface area contributed by atoms with Crippen LogP contribution in [0.15, 0.2) is 79.2 Å². The predicted molar refractivity (Wildman–Crippen MR) is 150 cm³/mol. The number of fused-ring (bicyclic) bond motifs is 1. The molecule has 3 N–H and O–H groups in total. The summed E-state index contributed by atoms with van der Waals surface area (Å²) in [6.07, 6.45) is 14.2. The van der Waals surface area contributed by atoms with Crippen LogP contribution in [-0.2, 0) is 4.79 Å². The number of hydrogen-bond donors (Lipinski definition) is 2. The van der Waals surface area contributed by atoms with Crippen molar-refractivity contribution in [2.24, 2.45) is 4.99 Å². The molecular weight excluding hydrogens is 478 g/mol. The van der Waals surface area contributed by atoms with Crippen molar-refractivity contribution in [3.05, 3.63) is 85.6 Å². The topological polar surface area (TPSA) is 118 Å². The zero-order chi connectivity index (χ0) is 27.1. The summed E-state index contributed by atoms with van der Waals surface area (Å²) in [5, 5.41) is 2.86. The van der Waals surface area contributed by atoms with Crippen LogP contribution in [0.5, 0.6) is 0 Å². The molecule has 38 heavy (non-hydrogen) atoms. The molecular formula is C29H33N7O2. The van der Waals surface area contributed by atoms with Crippen molar-refractivity contribution in [3.8, 4) is 11.3 Å². The second-order valence-corrected chi connectivity index (χ2v) is 9.02. The minimum absolute atomic E-state index is 0.122. The van der Waals surface area contributed by atoms with Gasteiger partial charge in [0.1, 0.15) is 28.7 Å². The third kappa shape index (κ3) is 5.56. The van der Waals surface area contributed by atoms with E-state index < -0.39 is 0 Å². The summed E-state index contributed by atoms with van der Waals surface area (Å²) in [6, 6.07) is 6.95. The van der Waals surface area contributed by atoms with E-state index in [1.54, 1.807) is 35.5 Å². The van der Waals surface area contributed by atoms with Crippen LogP contribution in [0.1, 0.15) is 61.3 Å². The van der Waals surface area contributed by atoms with Gasteiger partial charge in [-0.15, -0.1) is 6.58 Å². The molecule has 1 aliphatic rings. The van der Waals surface area contributed by atoms with Gasteiger partial charge in [0, 0.05) is 42.7 Å². The van der Waals surface area contributed by atoms with Gasteiger partial charge in [0.15, 0.2) is 0 Å². The fraction of sp³-hybridized carbons (Fsp3) is 0.276. The highest BCUT2D eigenvalue weighted by Gasteiger charge is 2.33. The number of rotatable bonds is 9. The van der Waals surface area contributed by atoms with Crippen LogP contribution in [0.2, 0.25) is 0 Å². The van der Waals surface area contributed by atoms with Crippen LogP contribution in [0.25, 0.3) is 16.8 Å². The summed E-state index contributed by atoms with van der Waals surface area (Å²) in [4.78, 5) is 40.7. The first-order chi connectivity index (χ1) is 18.5. The Balaban J connectivity index is 1.64. The van der Waals surface area contributed by atoms with Crippen molar-refractivity contribution in [2.75, 3.05) is 12.3 Å². The van der Waals surface area contributed by atoms with Crippen molar-refractivity contribution in [2.45, 2.75) is 45.1 Å². The van der Waals surface area contributed by atoms with Gasteiger partial charge in [-0.05, 0) is 37.5 Å². The highest BCUT2D eigenvalue weighted by atomic mass is 16.2. The van der Waals surface area contributed by atoms with Crippen molar-refractivity contribution in [1.82, 2.24) is 24.6 Å². The molecule has 1 fully saturated rings. The first kappa shape index (κ1) is 26.5. The van der Waals surface area contributed by atoms with E-state index in [1.165, 1.54) is 6.08 Å². The third-order valence-electron chi connectivity index (χ3n) is 6.43. The number of nitrogen functional groups attached to an aromatic ring is 1. The van der Waals surface area contributed by atoms with E-state index in [-0.39, 0.29) is 17.9 Å². The lowest BCUT2D eigenvalue weighted by atomic mass is 10.1. The SMILES string of the molecule is C=CC/C(=N\C=C/CCC)NC(=O)c1ccc(-c2nc([C@@H]3CCCN3C(=O)C=C)n3ccnc(N)c23)cc1. The number of nitrogens with two attached hydrogens (primary N) is 1. The largest absolute Gasteiger partial charge is 0.382 e. The van der Waals surface area contributed by atoms with E-state index in [9.17, 15) is 9.59 Å². The van der Waals surface area contributed by atoms with E-state index in [0.717, 1.165) is 37.1 Å². The number of aromatic nitrogens is 3. The number of benzene rings is 1. The average Bonchev–Trinajstić information content (AvgIpc) is 3.56. The molecule has 0 radical (unpaired) electrons. The Kier molecular flexibility index (Phi) is 8.47. The van der Waals surface area contributed by atoms with Gasteiger partial charge in [-0.2, -0.15) is 0 Å². The maximum absolute atomic E-state index is 12.9. The van der Waals surface area contributed by atoms with Gasteiger partial charge >= 0.3 is 0 Å². The molecule has 4 rings (SSSR count). The first-order valence-corrected chi connectivity index (χ1v) is 12.8. The molecule has 2 amide bonds. The smallest absolute Gasteiger partial charge is 0.256 e. The highest BCUT2D eigenvalue weighted by molar-refractivity contribution is 6.07. The summed E-state index contributed by atoms with van der Waals surface area (Å²) in [6.45, 7) is 10.1. The van der Waals surface area contributed by atoms with Gasteiger partial charge in [-0.3, -0.25) is 14.0 Å². The molecule has 1 aromatic carbocycles. The summed E-state index contributed by atoms with van der Waals surface area (Å²) >= 11 is 0. The second kappa shape index (κ2) is 12.1. The number of nitrogens with one attached hydrogen (secondary N) is 1. The molecule has 2 aromatic heterocycles. The van der Waals surface area contributed by atoms with Gasteiger partial charge in [-0.1, -0.05) is 44.2 Å². The maximum Gasteiger partial charge on any atom is 0.256 e. The number of likely N-dealkylation sites (tertiary alicyclic amines) is 1. The molecule has 196 valence electrons. The van der Waals surface area contributed by atoms with Gasteiger partial charge in [0.2, 0.25) is 5.91 Å². The van der Waals surface area contributed by atoms with Crippen LogP contribution < -0.4 is 11.1 Å². The van der Waals surface area contributed by atoms with Gasteiger partial charge in [0.05, 0.1) is 6.04 Å². The molecule has 9 heteroatoms. The zero-order valence-electron chi connectivity index (χ0n) is 21.6. The number of anilines is 1. The summed E-state index contributed by atoms with van der Waals surface area (Å²) < 4.78 is 1.90. The van der Waals surface area contributed by atoms with Crippen LogP contribution >= 0.6 is 0 Å². The predicted octanol–water partition coefficient (Wildman–Crippen LogP) is 4.85. The lowest BCUT2D eigenvalue weighted by Crippen LogP contribution is -2.30. The first-order valence-electron chi connectivity index (χ1n) is 12.8. The molecule has 1 aliphatic heterocycles.